The van der Waals surface area contributed by atoms with Gasteiger partial charge in [-0.2, -0.15) is 13.2 Å². The van der Waals surface area contributed by atoms with Gasteiger partial charge in [-0.1, -0.05) is 12.1 Å². The number of hydrogen-bond donors (Lipinski definition) is 1. The largest absolute Gasteiger partial charge is 0.413 e. The number of rotatable bonds is 3. The summed E-state index contributed by atoms with van der Waals surface area (Å²) in [5.74, 6) is -0.381. The lowest BCUT2D eigenvalue weighted by atomic mass is 9.98. The van der Waals surface area contributed by atoms with E-state index in [9.17, 15) is 22.2 Å². The third-order valence-corrected chi connectivity index (χ3v) is 7.41. The van der Waals surface area contributed by atoms with Crippen LogP contribution in [0.5, 0.6) is 0 Å². The van der Waals surface area contributed by atoms with E-state index in [2.05, 4.69) is 0 Å². The quantitative estimate of drug-likeness (QED) is 0.652. The van der Waals surface area contributed by atoms with Gasteiger partial charge in [-0.15, -0.1) is 0 Å². The summed E-state index contributed by atoms with van der Waals surface area (Å²) in [5, 5.41) is 1.66. The van der Waals surface area contributed by atoms with Crippen LogP contribution in [0.15, 0.2) is 24.3 Å². The number of halogens is 3. The maximum atomic E-state index is 13.6. The Labute approximate surface area is 146 Å². The molecule has 0 aliphatic carbocycles. The van der Waals surface area contributed by atoms with Crippen LogP contribution < -0.4 is 5.73 Å². The highest BCUT2D eigenvalue weighted by atomic mass is 32.2. The van der Waals surface area contributed by atoms with E-state index in [-0.39, 0.29) is 5.56 Å². The lowest BCUT2D eigenvalue weighted by Crippen LogP contribution is -2.44. The van der Waals surface area contributed by atoms with Gasteiger partial charge in [-0.25, -0.2) is 0 Å². The minimum atomic E-state index is -4.60. The van der Waals surface area contributed by atoms with Gasteiger partial charge in [-0.05, 0) is 52.4 Å². The van der Waals surface area contributed by atoms with Crippen LogP contribution >= 0.6 is 0 Å². The molecule has 1 amide bonds. The van der Waals surface area contributed by atoms with E-state index in [1.165, 1.54) is 31.3 Å². The Morgan fingerprint density at radius 2 is 1.80 bits per heavy atom. The van der Waals surface area contributed by atoms with Crippen LogP contribution in [-0.4, -0.2) is 45.1 Å². The Balaban J connectivity index is 2.22. The van der Waals surface area contributed by atoms with Crippen molar-refractivity contribution in [3.05, 3.63) is 29.8 Å². The Hall–Kier alpha value is -1.70. The summed E-state index contributed by atoms with van der Waals surface area (Å²) >= 11 is 0. The minimum absolute atomic E-state index is 0.0287. The van der Waals surface area contributed by atoms with Crippen molar-refractivity contribution in [2.24, 2.45) is 5.92 Å². The first-order valence-electron chi connectivity index (χ1n) is 8.05. The standard InChI is InChI=1S/C17H23F3N2O2S/c1-3-25(24)10-8-13(9-11-25)16(23)22(2)15(17(18,19)20)12-4-6-14(21)7-5-12/h3-7,13,15H,8-11,21H2,1-2H3/t13?,15-,25?/m0/s1. The first kappa shape index (κ1) is 19.6. The molecule has 1 atom stereocenters. The fourth-order valence-corrected chi connectivity index (χ4v) is 5.18. The van der Waals surface area contributed by atoms with Gasteiger partial charge < -0.3 is 10.6 Å². The molecule has 25 heavy (non-hydrogen) atoms. The van der Waals surface area contributed by atoms with E-state index < -0.39 is 33.6 Å². The molecule has 2 N–H and O–H groups in total. The number of nitrogens with two attached hydrogens (primary N) is 1. The number of hydrogen-bond acceptors (Lipinski definition) is 3. The molecule has 1 aliphatic rings. The zero-order valence-corrected chi connectivity index (χ0v) is 15.1. The molecule has 1 aliphatic heterocycles. The number of carbonyl (C=O) groups is 1. The second kappa shape index (κ2) is 7.27. The van der Waals surface area contributed by atoms with Crippen molar-refractivity contribution >= 4 is 26.5 Å². The van der Waals surface area contributed by atoms with E-state index in [4.69, 9.17) is 5.73 Å². The number of nitrogens with zero attached hydrogens (tertiary/aromatic N) is 1. The van der Waals surface area contributed by atoms with Crippen LogP contribution in [0.25, 0.3) is 0 Å². The first-order chi connectivity index (χ1) is 11.6. The zero-order valence-electron chi connectivity index (χ0n) is 14.3. The summed E-state index contributed by atoms with van der Waals surface area (Å²) < 4.78 is 53.0. The number of benzene rings is 1. The minimum Gasteiger partial charge on any atom is -0.399 e. The van der Waals surface area contributed by atoms with Crippen LogP contribution in [0.3, 0.4) is 0 Å². The number of carbonyl (C=O) groups excluding carboxylic acids is 1. The molecule has 1 fully saturated rings. The van der Waals surface area contributed by atoms with E-state index in [0.717, 1.165) is 4.90 Å². The Bertz CT molecular complexity index is 723. The molecule has 1 saturated heterocycles. The topological polar surface area (TPSA) is 63.4 Å². The lowest BCUT2D eigenvalue weighted by molar-refractivity contribution is -0.190. The molecule has 140 valence electrons. The summed E-state index contributed by atoms with van der Waals surface area (Å²) in [5.41, 5.74) is 5.86. The van der Waals surface area contributed by atoms with Gasteiger partial charge in [0.15, 0.2) is 6.04 Å². The Morgan fingerprint density at radius 3 is 2.24 bits per heavy atom. The fourth-order valence-electron chi connectivity index (χ4n) is 3.14. The molecular weight excluding hydrogens is 353 g/mol. The van der Waals surface area contributed by atoms with Gasteiger partial charge >= 0.3 is 6.18 Å². The molecule has 1 aromatic rings. The average Bonchev–Trinajstić information content (AvgIpc) is 2.55. The van der Waals surface area contributed by atoms with Gasteiger partial charge in [0.05, 0.1) is 0 Å². The van der Waals surface area contributed by atoms with Crippen molar-refractivity contribution in [2.75, 3.05) is 24.3 Å². The molecule has 2 rings (SSSR count). The average molecular weight is 376 g/mol. The molecule has 0 aromatic heterocycles. The van der Waals surface area contributed by atoms with E-state index in [1.54, 1.807) is 12.3 Å². The highest BCUT2D eigenvalue weighted by Gasteiger charge is 2.46. The maximum absolute atomic E-state index is 13.6. The van der Waals surface area contributed by atoms with Crippen LogP contribution in [0.4, 0.5) is 18.9 Å². The molecule has 0 bridgehead atoms. The molecule has 8 heteroatoms. The molecule has 0 spiro atoms. The third-order valence-electron chi connectivity index (χ3n) is 4.70. The Kier molecular flexibility index (Phi) is 5.71. The van der Waals surface area contributed by atoms with Crippen molar-refractivity contribution in [1.29, 1.82) is 0 Å². The highest BCUT2D eigenvalue weighted by molar-refractivity contribution is 8.01. The molecule has 4 nitrogen and oxygen atoms in total. The monoisotopic (exact) mass is 376 g/mol. The van der Waals surface area contributed by atoms with Crippen molar-refractivity contribution in [2.45, 2.75) is 32.0 Å². The van der Waals surface area contributed by atoms with Crippen molar-refractivity contribution in [3.63, 3.8) is 0 Å². The van der Waals surface area contributed by atoms with Crippen molar-refractivity contribution < 1.29 is 22.2 Å². The number of nitrogen functional groups attached to an aromatic ring is 1. The predicted octanol–water partition coefficient (Wildman–Crippen LogP) is 2.85. The van der Waals surface area contributed by atoms with Crippen LogP contribution in [0, 0.1) is 5.92 Å². The Morgan fingerprint density at radius 1 is 1.28 bits per heavy atom. The summed E-state index contributed by atoms with van der Waals surface area (Å²) in [4.78, 5) is 13.4. The highest BCUT2D eigenvalue weighted by Crippen LogP contribution is 2.38. The van der Waals surface area contributed by atoms with Crippen molar-refractivity contribution in [1.82, 2.24) is 4.90 Å². The van der Waals surface area contributed by atoms with Gasteiger partial charge in [0.2, 0.25) is 5.91 Å². The number of amides is 1. The second-order valence-electron chi connectivity index (χ2n) is 6.35. The van der Waals surface area contributed by atoms with Gasteiger partial charge in [0, 0.05) is 30.2 Å². The molecular formula is C17H23F3N2O2S. The van der Waals surface area contributed by atoms with E-state index >= 15 is 0 Å². The molecule has 0 radical (unpaired) electrons. The van der Waals surface area contributed by atoms with Gasteiger partial charge in [0.1, 0.15) is 0 Å². The maximum Gasteiger partial charge on any atom is 0.413 e. The molecule has 1 heterocycles. The zero-order chi connectivity index (χ0) is 18.8. The fraction of sp³-hybridized carbons (Fsp3) is 0.529. The summed E-state index contributed by atoms with van der Waals surface area (Å²) in [6, 6.07) is 3.33. The lowest BCUT2D eigenvalue weighted by Gasteiger charge is -2.34. The van der Waals surface area contributed by atoms with Crippen LogP contribution in [-0.2, 0) is 14.3 Å². The van der Waals surface area contributed by atoms with Crippen LogP contribution in [0.2, 0.25) is 0 Å². The predicted molar refractivity (Wildman–Crippen MR) is 94.8 cm³/mol. The van der Waals surface area contributed by atoms with E-state index in [1.807, 2.05) is 0 Å². The normalized spacial score (nSPS) is 25.2. The molecule has 0 unspecified atom stereocenters. The summed E-state index contributed by atoms with van der Waals surface area (Å²) in [7, 11) is -0.882. The molecule has 0 saturated carbocycles. The summed E-state index contributed by atoms with van der Waals surface area (Å²) in [6.45, 7) is 1.72. The number of alkyl halides is 3. The molecule has 1 aromatic carbocycles. The third kappa shape index (κ3) is 4.48. The second-order valence-corrected chi connectivity index (χ2v) is 9.37. The number of anilines is 1. The van der Waals surface area contributed by atoms with Crippen molar-refractivity contribution in [3.8, 4) is 0 Å². The summed E-state index contributed by atoms with van der Waals surface area (Å²) in [6.07, 6.45) is -3.91. The van der Waals surface area contributed by atoms with E-state index in [0.29, 0.717) is 30.0 Å². The van der Waals surface area contributed by atoms with Gasteiger partial charge in [0.25, 0.3) is 0 Å². The SMILES string of the molecule is CC=S1(=O)CCC(C(=O)N(C)[C@@H](c2ccc(N)cc2)C(F)(F)F)CC1. The van der Waals surface area contributed by atoms with Gasteiger partial charge in [-0.3, -0.25) is 9.00 Å². The first-order valence-corrected chi connectivity index (χ1v) is 10.0. The van der Waals surface area contributed by atoms with Crippen LogP contribution in [0.1, 0.15) is 31.4 Å². The smallest absolute Gasteiger partial charge is 0.399 e.